The summed E-state index contributed by atoms with van der Waals surface area (Å²) in [6.07, 6.45) is 4.99. The molecule has 1 aromatic carbocycles. The number of ether oxygens (including phenoxy) is 1. The molecule has 5 heteroatoms. The maximum atomic E-state index is 12.5. The van der Waals surface area contributed by atoms with Crippen molar-refractivity contribution in [3.8, 4) is 5.75 Å². The van der Waals surface area contributed by atoms with Crippen molar-refractivity contribution in [1.29, 1.82) is 0 Å². The molecule has 0 aliphatic carbocycles. The van der Waals surface area contributed by atoms with Gasteiger partial charge in [0.15, 0.2) is 6.61 Å². The fraction of sp³-hybridized carbons (Fsp3) is 0.412. The standard InChI is InChI=1S/C17H20N2O2S/c1-13-5-7-14(8-6-13)21-12-16(20)19-10-3-2-4-15(19)17-18-9-11-22-17/h5-9,11,15H,2-4,10,12H2,1H3/t15-/m0/s1. The highest BCUT2D eigenvalue weighted by molar-refractivity contribution is 7.09. The second-order valence-electron chi connectivity index (χ2n) is 5.57. The van der Waals surface area contributed by atoms with Gasteiger partial charge in [-0.2, -0.15) is 0 Å². The van der Waals surface area contributed by atoms with Gasteiger partial charge in [0.1, 0.15) is 10.8 Å². The van der Waals surface area contributed by atoms with Crippen LogP contribution in [0.4, 0.5) is 0 Å². The molecule has 0 spiro atoms. The van der Waals surface area contributed by atoms with Gasteiger partial charge in [0.2, 0.25) is 0 Å². The van der Waals surface area contributed by atoms with Crippen molar-refractivity contribution >= 4 is 17.2 Å². The number of likely N-dealkylation sites (tertiary alicyclic amines) is 1. The summed E-state index contributed by atoms with van der Waals surface area (Å²) in [7, 11) is 0. The van der Waals surface area contributed by atoms with Gasteiger partial charge >= 0.3 is 0 Å². The Bertz CT molecular complexity index is 610. The number of piperidine rings is 1. The van der Waals surface area contributed by atoms with Crippen LogP contribution in [0.1, 0.15) is 35.9 Å². The number of hydrogen-bond acceptors (Lipinski definition) is 4. The molecule has 0 radical (unpaired) electrons. The van der Waals surface area contributed by atoms with Gasteiger partial charge in [0.25, 0.3) is 5.91 Å². The van der Waals surface area contributed by atoms with Gasteiger partial charge < -0.3 is 9.64 Å². The SMILES string of the molecule is Cc1ccc(OCC(=O)N2CCCC[C@H]2c2nccs2)cc1. The van der Waals surface area contributed by atoms with Crippen molar-refractivity contribution in [2.45, 2.75) is 32.2 Å². The van der Waals surface area contributed by atoms with Gasteiger partial charge in [0, 0.05) is 18.1 Å². The van der Waals surface area contributed by atoms with Crippen LogP contribution in [0.15, 0.2) is 35.8 Å². The molecule has 3 rings (SSSR count). The average molecular weight is 316 g/mol. The number of amides is 1. The number of carbonyl (C=O) groups excluding carboxylic acids is 1. The molecule has 22 heavy (non-hydrogen) atoms. The molecule has 1 amide bonds. The zero-order valence-electron chi connectivity index (χ0n) is 12.7. The zero-order chi connectivity index (χ0) is 15.4. The van der Waals surface area contributed by atoms with E-state index in [-0.39, 0.29) is 18.6 Å². The molecule has 0 N–H and O–H groups in total. The number of carbonyl (C=O) groups is 1. The predicted octanol–water partition coefficient (Wildman–Crippen LogP) is 3.58. The first-order valence-corrected chi connectivity index (χ1v) is 8.50. The molecule has 1 fully saturated rings. The Balaban J connectivity index is 1.63. The molecule has 1 saturated heterocycles. The molecular weight excluding hydrogens is 296 g/mol. The van der Waals surface area contributed by atoms with Gasteiger partial charge in [-0.05, 0) is 38.3 Å². The normalized spacial score (nSPS) is 18.2. The predicted molar refractivity (Wildman–Crippen MR) is 87.1 cm³/mol. The summed E-state index contributed by atoms with van der Waals surface area (Å²) in [5.41, 5.74) is 1.18. The Morgan fingerprint density at radius 1 is 1.36 bits per heavy atom. The average Bonchev–Trinajstić information content (AvgIpc) is 3.08. The van der Waals surface area contributed by atoms with E-state index < -0.39 is 0 Å². The molecule has 0 bridgehead atoms. The highest BCUT2D eigenvalue weighted by Crippen LogP contribution is 2.32. The Hall–Kier alpha value is -1.88. The number of aromatic nitrogens is 1. The van der Waals surface area contributed by atoms with Crippen LogP contribution in [0.2, 0.25) is 0 Å². The third kappa shape index (κ3) is 3.47. The van der Waals surface area contributed by atoms with E-state index in [2.05, 4.69) is 4.98 Å². The lowest BCUT2D eigenvalue weighted by molar-refractivity contribution is -0.137. The monoisotopic (exact) mass is 316 g/mol. The number of rotatable bonds is 4. The van der Waals surface area contributed by atoms with Gasteiger partial charge in [0.05, 0.1) is 6.04 Å². The van der Waals surface area contributed by atoms with Crippen molar-refractivity contribution in [1.82, 2.24) is 9.88 Å². The maximum Gasteiger partial charge on any atom is 0.261 e. The third-order valence-electron chi connectivity index (χ3n) is 3.94. The van der Waals surface area contributed by atoms with E-state index in [1.54, 1.807) is 17.5 Å². The van der Waals surface area contributed by atoms with Crippen LogP contribution in [0, 0.1) is 6.92 Å². The minimum atomic E-state index is 0.0421. The summed E-state index contributed by atoms with van der Waals surface area (Å²) in [4.78, 5) is 18.8. The lowest BCUT2D eigenvalue weighted by Gasteiger charge is -2.34. The van der Waals surface area contributed by atoms with Crippen molar-refractivity contribution in [3.63, 3.8) is 0 Å². The Morgan fingerprint density at radius 3 is 2.91 bits per heavy atom. The van der Waals surface area contributed by atoms with E-state index in [4.69, 9.17) is 4.74 Å². The molecule has 1 aliphatic heterocycles. The highest BCUT2D eigenvalue weighted by Gasteiger charge is 2.29. The van der Waals surface area contributed by atoms with E-state index in [0.717, 1.165) is 36.6 Å². The van der Waals surface area contributed by atoms with Crippen molar-refractivity contribution in [3.05, 3.63) is 46.4 Å². The highest BCUT2D eigenvalue weighted by atomic mass is 32.1. The number of nitrogens with zero attached hydrogens (tertiary/aromatic N) is 2. The Morgan fingerprint density at radius 2 is 2.18 bits per heavy atom. The molecule has 0 unspecified atom stereocenters. The molecule has 4 nitrogen and oxygen atoms in total. The van der Waals surface area contributed by atoms with E-state index in [0.29, 0.717) is 0 Å². The van der Waals surface area contributed by atoms with Gasteiger partial charge in [-0.15, -0.1) is 11.3 Å². The molecule has 1 atom stereocenters. The van der Waals surface area contributed by atoms with Crippen LogP contribution in [0.5, 0.6) is 5.75 Å². The van der Waals surface area contributed by atoms with Crippen LogP contribution < -0.4 is 4.74 Å². The first kappa shape index (κ1) is 15.0. The van der Waals surface area contributed by atoms with Crippen LogP contribution in [0.3, 0.4) is 0 Å². The molecule has 116 valence electrons. The van der Waals surface area contributed by atoms with Crippen molar-refractivity contribution in [2.75, 3.05) is 13.2 Å². The number of hydrogen-bond donors (Lipinski definition) is 0. The minimum Gasteiger partial charge on any atom is -0.484 e. The zero-order valence-corrected chi connectivity index (χ0v) is 13.5. The van der Waals surface area contributed by atoms with Crippen LogP contribution in [-0.4, -0.2) is 28.9 Å². The fourth-order valence-corrected chi connectivity index (χ4v) is 3.53. The summed E-state index contributed by atoms with van der Waals surface area (Å²) >= 11 is 1.62. The second-order valence-corrected chi connectivity index (χ2v) is 6.50. The number of benzene rings is 1. The van der Waals surface area contributed by atoms with Crippen molar-refractivity contribution < 1.29 is 9.53 Å². The van der Waals surface area contributed by atoms with Crippen LogP contribution in [0.25, 0.3) is 0 Å². The molecule has 1 aliphatic rings. The van der Waals surface area contributed by atoms with E-state index >= 15 is 0 Å². The summed E-state index contributed by atoms with van der Waals surface area (Å²) < 4.78 is 5.63. The van der Waals surface area contributed by atoms with Gasteiger partial charge in [-0.1, -0.05) is 17.7 Å². The molecule has 0 saturated carbocycles. The van der Waals surface area contributed by atoms with Crippen molar-refractivity contribution in [2.24, 2.45) is 0 Å². The Labute approximate surface area is 134 Å². The Kier molecular flexibility index (Phi) is 4.73. The lowest BCUT2D eigenvalue weighted by atomic mass is 10.0. The second kappa shape index (κ2) is 6.92. The third-order valence-corrected chi connectivity index (χ3v) is 4.82. The molecule has 2 heterocycles. The molecular formula is C17H20N2O2S. The van der Waals surface area contributed by atoms with Crippen LogP contribution >= 0.6 is 11.3 Å². The summed E-state index contributed by atoms with van der Waals surface area (Å²) in [6, 6.07) is 7.88. The summed E-state index contributed by atoms with van der Waals surface area (Å²) in [6.45, 7) is 2.91. The van der Waals surface area contributed by atoms with Crippen LogP contribution in [-0.2, 0) is 4.79 Å². The smallest absolute Gasteiger partial charge is 0.261 e. The van der Waals surface area contributed by atoms with Gasteiger partial charge in [-0.3, -0.25) is 4.79 Å². The minimum absolute atomic E-state index is 0.0421. The molecule has 2 aromatic rings. The summed E-state index contributed by atoms with van der Waals surface area (Å²) in [5, 5.41) is 3.00. The van der Waals surface area contributed by atoms with E-state index in [9.17, 15) is 4.79 Å². The fourth-order valence-electron chi connectivity index (χ4n) is 2.75. The molecule has 1 aromatic heterocycles. The quantitative estimate of drug-likeness (QED) is 0.866. The number of thiazole rings is 1. The van der Waals surface area contributed by atoms with Gasteiger partial charge in [-0.25, -0.2) is 4.98 Å². The maximum absolute atomic E-state index is 12.5. The lowest BCUT2D eigenvalue weighted by Crippen LogP contribution is -2.41. The number of aryl methyl sites for hydroxylation is 1. The first-order valence-electron chi connectivity index (χ1n) is 7.62. The first-order chi connectivity index (χ1) is 10.7. The van der Waals surface area contributed by atoms with E-state index in [1.807, 2.05) is 41.5 Å². The largest absolute Gasteiger partial charge is 0.484 e. The topological polar surface area (TPSA) is 42.4 Å². The van der Waals surface area contributed by atoms with E-state index in [1.165, 1.54) is 5.56 Å². The summed E-state index contributed by atoms with van der Waals surface area (Å²) in [5.74, 6) is 0.780.